The standard InChI is InChI=1S/C9H9FN4/c10-8-3-7(4-11)1-2-9(8)14-5-12-13-6-14/h1-3,5-6H,4,11H2. The van der Waals surface area contributed by atoms with Crippen LogP contribution in [0.4, 0.5) is 4.39 Å². The maximum absolute atomic E-state index is 13.5. The SMILES string of the molecule is NCc1ccc(-n2cnnc2)c(F)c1. The molecule has 2 N–H and O–H groups in total. The Labute approximate surface area is 80.2 Å². The highest BCUT2D eigenvalue weighted by Gasteiger charge is 2.04. The van der Waals surface area contributed by atoms with Gasteiger partial charge in [-0.2, -0.15) is 0 Å². The van der Waals surface area contributed by atoms with E-state index in [0.717, 1.165) is 5.56 Å². The number of hydrogen-bond donors (Lipinski definition) is 1. The summed E-state index contributed by atoms with van der Waals surface area (Å²) >= 11 is 0. The number of rotatable bonds is 2. The molecule has 0 aliphatic heterocycles. The molecule has 0 amide bonds. The first-order valence-electron chi connectivity index (χ1n) is 4.15. The van der Waals surface area contributed by atoms with E-state index in [0.29, 0.717) is 12.2 Å². The molecule has 0 aliphatic carbocycles. The number of benzene rings is 1. The molecule has 4 nitrogen and oxygen atoms in total. The van der Waals surface area contributed by atoms with Gasteiger partial charge in [-0.05, 0) is 17.7 Å². The van der Waals surface area contributed by atoms with Crippen molar-refractivity contribution in [2.45, 2.75) is 6.54 Å². The topological polar surface area (TPSA) is 56.7 Å². The normalized spacial score (nSPS) is 10.4. The van der Waals surface area contributed by atoms with Gasteiger partial charge in [0.25, 0.3) is 0 Å². The molecule has 72 valence electrons. The lowest BCUT2D eigenvalue weighted by atomic mass is 10.2. The molecule has 0 atom stereocenters. The molecule has 2 rings (SSSR count). The van der Waals surface area contributed by atoms with Gasteiger partial charge in [0.1, 0.15) is 18.5 Å². The Morgan fingerprint density at radius 2 is 2.00 bits per heavy atom. The molecule has 1 heterocycles. The van der Waals surface area contributed by atoms with Crippen LogP contribution in [0.25, 0.3) is 5.69 Å². The molecule has 14 heavy (non-hydrogen) atoms. The van der Waals surface area contributed by atoms with Crippen LogP contribution >= 0.6 is 0 Å². The number of aromatic nitrogens is 3. The molecular weight excluding hydrogens is 183 g/mol. The van der Waals surface area contributed by atoms with Gasteiger partial charge in [0.15, 0.2) is 0 Å². The van der Waals surface area contributed by atoms with Crippen molar-refractivity contribution in [1.82, 2.24) is 14.8 Å². The van der Waals surface area contributed by atoms with Gasteiger partial charge in [0.2, 0.25) is 0 Å². The van der Waals surface area contributed by atoms with Crippen molar-refractivity contribution in [3.05, 3.63) is 42.2 Å². The first kappa shape index (κ1) is 8.83. The Hall–Kier alpha value is -1.75. The third-order valence-corrected chi connectivity index (χ3v) is 1.94. The molecule has 0 radical (unpaired) electrons. The van der Waals surface area contributed by atoms with E-state index in [9.17, 15) is 4.39 Å². The first-order valence-corrected chi connectivity index (χ1v) is 4.15. The van der Waals surface area contributed by atoms with E-state index in [-0.39, 0.29) is 5.82 Å². The lowest BCUT2D eigenvalue weighted by Gasteiger charge is -2.04. The summed E-state index contributed by atoms with van der Waals surface area (Å²) in [5, 5.41) is 7.21. The molecule has 2 aromatic rings. The van der Waals surface area contributed by atoms with Gasteiger partial charge in [-0.25, -0.2) is 4.39 Å². The van der Waals surface area contributed by atoms with Crippen molar-refractivity contribution >= 4 is 0 Å². The molecule has 0 fully saturated rings. The first-order chi connectivity index (χ1) is 6.81. The second-order valence-corrected chi connectivity index (χ2v) is 2.86. The average molecular weight is 192 g/mol. The summed E-state index contributed by atoms with van der Waals surface area (Å²) in [7, 11) is 0. The van der Waals surface area contributed by atoms with E-state index in [1.54, 1.807) is 12.1 Å². The minimum absolute atomic E-state index is 0.326. The molecule has 0 bridgehead atoms. The van der Waals surface area contributed by atoms with Crippen molar-refractivity contribution in [2.75, 3.05) is 0 Å². The fourth-order valence-electron chi connectivity index (χ4n) is 1.21. The fraction of sp³-hybridized carbons (Fsp3) is 0.111. The number of halogens is 1. The summed E-state index contributed by atoms with van der Waals surface area (Å²) in [5.41, 5.74) is 6.58. The van der Waals surface area contributed by atoms with Gasteiger partial charge in [-0.3, -0.25) is 4.57 Å². The largest absolute Gasteiger partial charge is 0.326 e. The van der Waals surface area contributed by atoms with Crippen LogP contribution in [0.5, 0.6) is 0 Å². The van der Waals surface area contributed by atoms with Crippen molar-refractivity contribution in [3.63, 3.8) is 0 Å². The quantitative estimate of drug-likeness (QED) is 0.767. The number of nitrogens with zero attached hydrogens (tertiary/aromatic N) is 3. The van der Waals surface area contributed by atoms with Crippen molar-refractivity contribution in [1.29, 1.82) is 0 Å². The lowest BCUT2D eigenvalue weighted by molar-refractivity contribution is 0.615. The van der Waals surface area contributed by atoms with Crippen LogP contribution in [-0.4, -0.2) is 14.8 Å². The highest BCUT2D eigenvalue weighted by Crippen LogP contribution is 2.13. The lowest BCUT2D eigenvalue weighted by Crippen LogP contribution is -2.00. The van der Waals surface area contributed by atoms with Gasteiger partial charge in [-0.1, -0.05) is 6.07 Å². The summed E-state index contributed by atoms with van der Waals surface area (Å²) in [6.45, 7) is 0.333. The Morgan fingerprint density at radius 1 is 1.29 bits per heavy atom. The van der Waals surface area contributed by atoms with Crippen LogP contribution in [0.2, 0.25) is 0 Å². The van der Waals surface area contributed by atoms with Crippen molar-refractivity contribution in [3.8, 4) is 5.69 Å². The van der Waals surface area contributed by atoms with Crippen LogP contribution in [0, 0.1) is 5.82 Å². The zero-order valence-corrected chi connectivity index (χ0v) is 7.39. The molecule has 1 aromatic heterocycles. The van der Waals surface area contributed by atoms with Gasteiger partial charge >= 0.3 is 0 Å². The number of nitrogens with two attached hydrogens (primary N) is 1. The van der Waals surface area contributed by atoms with Crippen LogP contribution in [0.3, 0.4) is 0 Å². The Bertz CT molecular complexity index is 424. The average Bonchev–Trinajstić information content (AvgIpc) is 2.70. The van der Waals surface area contributed by atoms with Crippen LogP contribution in [-0.2, 0) is 6.54 Å². The Morgan fingerprint density at radius 3 is 2.57 bits per heavy atom. The molecule has 0 unspecified atom stereocenters. The zero-order chi connectivity index (χ0) is 9.97. The van der Waals surface area contributed by atoms with Crippen molar-refractivity contribution in [2.24, 2.45) is 5.73 Å². The summed E-state index contributed by atoms with van der Waals surface area (Å²) in [5.74, 6) is -0.326. The van der Waals surface area contributed by atoms with Gasteiger partial charge in [0, 0.05) is 6.54 Å². The maximum Gasteiger partial charge on any atom is 0.147 e. The summed E-state index contributed by atoms with van der Waals surface area (Å²) in [6, 6.07) is 4.84. The van der Waals surface area contributed by atoms with Gasteiger partial charge < -0.3 is 5.73 Å². The maximum atomic E-state index is 13.5. The molecule has 5 heteroatoms. The monoisotopic (exact) mass is 192 g/mol. The highest BCUT2D eigenvalue weighted by molar-refractivity contribution is 5.35. The molecule has 0 spiro atoms. The number of hydrogen-bond acceptors (Lipinski definition) is 3. The Kier molecular flexibility index (Phi) is 2.24. The van der Waals surface area contributed by atoms with E-state index in [4.69, 9.17) is 5.73 Å². The highest BCUT2D eigenvalue weighted by atomic mass is 19.1. The van der Waals surface area contributed by atoms with E-state index < -0.39 is 0 Å². The van der Waals surface area contributed by atoms with Crippen molar-refractivity contribution < 1.29 is 4.39 Å². The summed E-state index contributed by atoms with van der Waals surface area (Å²) in [6.07, 6.45) is 2.89. The minimum atomic E-state index is -0.326. The predicted octanol–water partition coefficient (Wildman–Crippen LogP) is 0.865. The molecule has 0 saturated carbocycles. The second-order valence-electron chi connectivity index (χ2n) is 2.86. The van der Waals surface area contributed by atoms with E-state index >= 15 is 0 Å². The molecular formula is C9H9FN4. The van der Waals surface area contributed by atoms with E-state index in [2.05, 4.69) is 10.2 Å². The summed E-state index contributed by atoms with van der Waals surface area (Å²) < 4.78 is 15.0. The van der Waals surface area contributed by atoms with E-state index in [1.807, 2.05) is 0 Å². The van der Waals surface area contributed by atoms with Crippen LogP contribution < -0.4 is 5.73 Å². The molecule has 1 aromatic carbocycles. The third-order valence-electron chi connectivity index (χ3n) is 1.94. The zero-order valence-electron chi connectivity index (χ0n) is 7.39. The second kappa shape index (κ2) is 3.55. The Balaban J connectivity index is 2.46. The van der Waals surface area contributed by atoms with E-state index in [1.165, 1.54) is 23.3 Å². The molecule has 0 saturated heterocycles. The summed E-state index contributed by atoms with van der Waals surface area (Å²) in [4.78, 5) is 0. The van der Waals surface area contributed by atoms with Gasteiger partial charge in [0.05, 0.1) is 5.69 Å². The predicted molar refractivity (Wildman–Crippen MR) is 49.2 cm³/mol. The van der Waals surface area contributed by atoms with Gasteiger partial charge in [-0.15, -0.1) is 10.2 Å². The smallest absolute Gasteiger partial charge is 0.147 e. The minimum Gasteiger partial charge on any atom is -0.326 e. The third kappa shape index (κ3) is 1.49. The fourth-order valence-corrected chi connectivity index (χ4v) is 1.21. The van der Waals surface area contributed by atoms with Crippen LogP contribution in [0.1, 0.15) is 5.56 Å². The molecule has 0 aliphatic rings. The van der Waals surface area contributed by atoms with Crippen LogP contribution in [0.15, 0.2) is 30.9 Å².